The summed E-state index contributed by atoms with van der Waals surface area (Å²) in [5, 5.41) is -0.351. The molecular weight excluding hydrogens is 290 g/mol. The van der Waals surface area contributed by atoms with Crippen LogP contribution in [0.25, 0.3) is 0 Å². The second-order valence-electron chi connectivity index (χ2n) is 5.77. The number of carbonyl (C=O) groups excluding carboxylic acids is 3. The molecule has 2 amide bonds. The quantitative estimate of drug-likeness (QED) is 0.599. The average Bonchev–Trinajstić information content (AvgIpc) is 2.63. The van der Waals surface area contributed by atoms with Crippen molar-refractivity contribution in [2.45, 2.75) is 26.7 Å². The average molecular weight is 308 g/mol. The molecule has 0 N–H and O–H groups in total. The first kappa shape index (κ1) is 15.7. The van der Waals surface area contributed by atoms with Gasteiger partial charge in [-0.25, -0.2) is 0 Å². The smallest absolute Gasteiger partial charge is 0.261 e. The molecule has 2 atom stereocenters. The van der Waals surface area contributed by atoms with Gasteiger partial charge < -0.3 is 0 Å². The van der Waals surface area contributed by atoms with Gasteiger partial charge in [0.25, 0.3) is 11.8 Å². The molecule has 1 aromatic rings. The number of carbonyl (C=O) groups is 3. The third-order valence-corrected chi connectivity index (χ3v) is 3.84. The minimum atomic E-state index is -0.351. The lowest BCUT2D eigenvalue weighted by molar-refractivity contribution is -0.112. The lowest BCUT2D eigenvalue weighted by atomic mass is 9.95. The first-order chi connectivity index (χ1) is 9.90. The summed E-state index contributed by atoms with van der Waals surface area (Å²) in [7, 11) is 0. The molecular formula is C16H18ClNO3. The molecule has 21 heavy (non-hydrogen) atoms. The van der Waals surface area contributed by atoms with E-state index in [1.807, 2.05) is 13.8 Å². The van der Waals surface area contributed by atoms with Crippen LogP contribution in [0.5, 0.6) is 0 Å². The van der Waals surface area contributed by atoms with Crippen LogP contribution in [0.3, 0.4) is 0 Å². The van der Waals surface area contributed by atoms with Crippen molar-refractivity contribution in [3.63, 3.8) is 0 Å². The monoisotopic (exact) mass is 307 g/mol. The standard InChI is InChI=1S/C16H18ClNO3/c1-10(8-14(17)19)7-11(2)9-18-15(20)12-5-3-4-6-13(12)16(18)21/h3-6,10-11H,7-9H2,1-2H3. The van der Waals surface area contributed by atoms with Gasteiger partial charge in [-0.3, -0.25) is 19.3 Å². The highest BCUT2D eigenvalue weighted by Crippen LogP contribution is 2.25. The number of amides is 2. The van der Waals surface area contributed by atoms with Crippen LogP contribution < -0.4 is 0 Å². The minimum Gasteiger partial charge on any atom is -0.281 e. The van der Waals surface area contributed by atoms with Gasteiger partial charge in [0.1, 0.15) is 0 Å². The number of hydrogen-bond donors (Lipinski definition) is 0. The fourth-order valence-corrected chi connectivity index (χ4v) is 3.10. The Morgan fingerprint density at radius 3 is 2.10 bits per heavy atom. The Bertz CT molecular complexity index is 550. The third-order valence-electron chi connectivity index (χ3n) is 3.69. The molecule has 1 heterocycles. The molecule has 1 aliphatic rings. The lowest BCUT2D eigenvalue weighted by Crippen LogP contribution is -2.34. The van der Waals surface area contributed by atoms with Gasteiger partial charge in [-0.15, -0.1) is 0 Å². The van der Waals surface area contributed by atoms with Gasteiger partial charge in [0, 0.05) is 13.0 Å². The van der Waals surface area contributed by atoms with Gasteiger partial charge in [0.05, 0.1) is 11.1 Å². The minimum absolute atomic E-state index is 0.123. The maximum absolute atomic E-state index is 12.2. The van der Waals surface area contributed by atoms with Crippen LogP contribution in [0.1, 0.15) is 47.4 Å². The van der Waals surface area contributed by atoms with Crippen LogP contribution in [-0.2, 0) is 4.79 Å². The normalized spacial score (nSPS) is 16.8. The predicted molar refractivity (Wildman–Crippen MR) is 80.2 cm³/mol. The lowest BCUT2D eigenvalue weighted by Gasteiger charge is -2.21. The third kappa shape index (κ3) is 3.50. The summed E-state index contributed by atoms with van der Waals surface area (Å²) in [5.41, 5.74) is 0.942. The highest BCUT2D eigenvalue weighted by molar-refractivity contribution is 6.63. The molecule has 5 heteroatoms. The summed E-state index contributed by atoms with van der Waals surface area (Å²) in [6, 6.07) is 6.86. The van der Waals surface area contributed by atoms with Crippen LogP contribution in [0.15, 0.2) is 24.3 Å². The predicted octanol–water partition coefficient (Wildman–Crippen LogP) is 3.10. The highest BCUT2D eigenvalue weighted by atomic mass is 35.5. The van der Waals surface area contributed by atoms with Crippen LogP contribution >= 0.6 is 11.6 Å². The van der Waals surface area contributed by atoms with E-state index in [1.54, 1.807) is 24.3 Å². The number of fused-ring (bicyclic) bond motifs is 1. The van der Waals surface area contributed by atoms with Crippen LogP contribution in [0, 0.1) is 11.8 Å². The van der Waals surface area contributed by atoms with Crippen LogP contribution in [-0.4, -0.2) is 28.5 Å². The molecule has 0 saturated carbocycles. The number of hydrogen-bond acceptors (Lipinski definition) is 3. The fraction of sp³-hybridized carbons (Fsp3) is 0.438. The van der Waals surface area contributed by atoms with Crippen molar-refractivity contribution in [2.75, 3.05) is 6.54 Å². The van der Waals surface area contributed by atoms with E-state index in [-0.39, 0.29) is 28.9 Å². The van der Waals surface area contributed by atoms with Crippen LogP contribution in [0.2, 0.25) is 0 Å². The molecule has 0 spiro atoms. The van der Waals surface area contributed by atoms with Crippen molar-refractivity contribution in [1.82, 2.24) is 4.90 Å². The topological polar surface area (TPSA) is 54.5 Å². The van der Waals surface area contributed by atoms with Crippen molar-refractivity contribution < 1.29 is 14.4 Å². The van der Waals surface area contributed by atoms with Crippen molar-refractivity contribution in [1.29, 1.82) is 0 Å². The van der Waals surface area contributed by atoms with E-state index < -0.39 is 0 Å². The summed E-state index contributed by atoms with van der Waals surface area (Å²) in [4.78, 5) is 36.6. The highest BCUT2D eigenvalue weighted by Gasteiger charge is 2.35. The largest absolute Gasteiger partial charge is 0.281 e. The molecule has 0 radical (unpaired) electrons. The zero-order valence-corrected chi connectivity index (χ0v) is 12.9. The maximum atomic E-state index is 12.2. The van der Waals surface area contributed by atoms with Gasteiger partial charge in [0.2, 0.25) is 5.24 Å². The Morgan fingerprint density at radius 1 is 1.10 bits per heavy atom. The number of nitrogens with zero attached hydrogens (tertiary/aromatic N) is 1. The van der Waals surface area contributed by atoms with E-state index in [4.69, 9.17) is 11.6 Å². The summed E-state index contributed by atoms with van der Waals surface area (Å²) in [6.07, 6.45) is 1.06. The zero-order valence-electron chi connectivity index (χ0n) is 12.1. The van der Waals surface area contributed by atoms with Crippen molar-refractivity contribution >= 4 is 28.7 Å². The van der Waals surface area contributed by atoms with Crippen molar-refractivity contribution in [2.24, 2.45) is 11.8 Å². The molecule has 4 nitrogen and oxygen atoms in total. The number of benzene rings is 1. The van der Waals surface area contributed by atoms with E-state index in [1.165, 1.54) is 4.90 Å². The second kappa shape index (κ2) is 6.39. The second-order valence-corrected chi connectivity index (χ2v) is 6.19. The summed E-state index contributed by atoms with van der Waals surface area (Å²) >= 11 is 5.38. The fourth-order valence-electron chi connectivity index (χ4n) is 2.84. The molecule has 1 aromatic carbocycles. The van der Waals surface area contributed by atoms with E-state index in [0.29, 0.717) is 24.1 Å². The first-order valence-electron chi connectivity index (χ1n) is 7.03. The maximum Gasteiger partial charge on any atom is 0.261 e. The van der Waals surface area contributed by atoms with Gasteiger partial charge in [0.15, 0.2) is 0 Å². The van der Waals surface area contributed by atoms with Gasteiger partial charge in [-0.1, -0.05) is 26.0 Å². The molecule has 0 aromatic heterocycles. The zero-order chi connectivity index (χ0) is 15.6. The number of rotatable bonds is 6. The molecule has 0 aliphatic carbocycles. The summed E-state index contributed by atoms with van der Waals surface area (Å²) in [6.45, 7) is 4.28. The molecule has 0 bridgehead atoms. The van der Waals surface area contributed by atoms with Crippen LogP contribution in [0.4, 0.5) is 0 Å². The molecule has 2 rings (SSSR count). The first-order valence-corrected chi connectivity index (χ1v) is 7.41. The Hall–Kier alpha value is -1.68. The van der Waals surface area contributed by atoms with Gasteiger partial charge >= 0.3 is 0 Å². The van der Waals surface area contributed by atoms with Gasteiger partial charge in [-0.2, -0.15) is 0 Å². The van der Waals surface area contributed by atoms with Crippen molar-refractivity contribution in [3.8, 4) is 0 Å². The van der Waals surface area contributed by atoms with Crippen molar-refractivity contribution in [3.05, 3.63) is 35.4 Å². The summed E-state index contributed by atoms with van der Waals surface area (Å²) in [5.74, 6) is -0.203. The van der Waals surface area contributed by atoms with E-state index in [0.717, 1.165) is 6.42 Å². The Kier molecular flexibility index (Phi) is 4.78. The Morgan fingerprint density at radius 2 is 1.62 bits per heavy atom. The molecule has 1 aliphatic heterocycles. The van der Waals surface area contributed by atoms with E-state index in [9.17, 15) is 14.4 Å². The molecule has 0 saturated heterocycles. The van der Waals surface area contributed by atoms with Gasteiger partial charge in [-0.05, 0) is 42.0 Å². The Labute approximate surface area is 129 Å². The molecule has 112 valence electrons. The molecule has 2 unspecified atom stereocenters. The molecule has 0 fully saturated rings. The summed E-state index contributed by atoms with van der Waals surface area (Å²) < 4.78 is 0. The SMILES string of the molecule is CC(CC(=O)Cl)CC(C)CN1C(=O)c2ccccc2C1=O. The van der Waals surface area contributed by atoms with E-state index in [2.05, 4.69) is 0 Å². The van der Waals surface area contributed by atoms with E-state index >= 15 is 0 Å². The number of halogens is 1. The Balaban J connectivity index is 2.00. The number of imide groups is 1.